The smallest absolute Gasteiger partial charge is 0.408 e. The number of nitrogens with one attached hydrogen (secondary N) is 1. The van der Waals surface area contributed by atoms with Crippen LogP contribution in [0.1, 0.15) is 10.6 Å². The molecule has 3 rings (SSSR count). The van der Waals surface area contributed by atoms with Crippen molar-refractivity contribution in [2.75, 3.05) is 0 Å². The van der Waals surface area contributed by atoms with Gasteiger partial charge in [-0.3, -0.25) is 9.78 Å². The molecule has 0 amide bonds. The van der Waals surface area contributed by atoms with Crippen LogP contribution in [0.5, 0.6) is 0 Å². The van der Waals surface area contributed by atoms with Gasteiger partial charge in [-0.25, -0.2) is 14.8 Å². The van der Waals surface area contributed by atoms with Crippen molar-refractivity contribution < 1.29 is 9.21 Å². The summed E-state index contributed by atoms with van der Waals surface area (Å²) in [5.74, 6) is -0.383. The molecule has 0 aliphatic rings. The van der Waals surface area contributed by atoms with Gasteiger partial charge in [-0.1, -0.05) is 0 Å². The van der Waals surface area contributed by atoms with E-state index in [1.54, 1.807) is 24.3 Å². The van der Waals surface area contributed by atoms with Crippen LogP contribution in [0.25, 0.3) is 22.4 Å². The largest absolute Gasteiger partial charge is 0.417 e. The number of benzene rings is 1. The number of fused-ring (bicyclic) bond motifs is 1. The lowest BCUT2D eigenvalue weighted by Gasteiger charge is -2.00. The number of aldehydes is 1. The summed E-state index contributed by atoms with van der Waals surface area (Å²) in [6.45, 7) is 0. The van der Waals surface area contributed by atoms with E-state index in [4.69, 9.17) is 4.42 Å². The summed E-state index contributed by atoms with van der Waals surface area (Å²) in [6, 6.07) is 6.85. The summed E-state index contributed by atoms with van der Waals surface area (Å²) >= 11 is 0. The number of rotatable bonds is 2. The van der Waals surface area contributed by atoms with Gasteiger partial charge in [0.15, 0.2) is 17.7 Å². The molecule has 88 valence electrons. The second-order valence-corrected chi connectivity index (χ2v) is 3.64. The molecule has 0 fully saturated rings. The van der Waals surface area contributed by atoms with Crippen LogP contribution in [0.2, 0.25) is 0 Å². The van der Waals surface area contributed by atoms with E-state index in [-0.39, 0.29) is 5.82 Å². The van der Waals surface area contributed by atoms with Gasteiger partial charge in [-0.05, 0) is 24.3 Å². The maximum atomic E-state index is 11.0. The zero-order valence-corrected chi connectivity index (χ0v) is 9.08. The van der Waals surface area contributed by atoms with Crippen molar-refractivity contribution in [3.8, 4) is 11.3 Å². The Morgan fingerprint density at radius 3 is 3.00 bits per heavy atom. The summed E-state index contributed by atoms with van der Waals surface area (Å²) in [4.78, 5) is 32.1. The zero-order valence-electron chi connectivity index (χ0n) is 9.08. The van der Waals surface area contributed by atoms with Crippen LogP contribution < -0.4 is 5.76 Å². The monoisotopic (exact) mass is 241 g/mol. The standard InChI is InChI=1S/C12H7N3O3/c16-6-11-13-4-3-8(14-11)7-1-2-10-9(5-7)15-12(17)18-10/h1-6H,(H,15,17). The minimum Gasteiger partial charge on any atom is -0.408 e. The average Bonchev–Trinajstić information content (AvgIpc) is 2.77. The van der Waals surface area contributed by atoms with Gasteiger partial charge in [0, 0.05) is 11.8 Å². The van der Waals surface area contributed by atoms with E-state index in [1.807, 2.05) is 0 Å². The first kappa shape index (κ1) is 10.4. The third kappa shape index (κ3) is 1.69. The highest BCUT2D eigenvalue weighted by Gasteiger charge is 2.05. The van der Waals surface area contributed by atoms with Crippen molar-refractivity contribution in [2.45, 2.75) is 0 Å². The maximum absolute atomic E-state index is 11.0. The molecule has 6 nitrogen and oxygen atoms in total. The lowest BCUT2D eigenvalue weighted by atomic mass is 10.1. The number of aromatic amines is 1. The highest BCUT2D eigenvalue weighted by Crippen LogP contribution is 2.20. The van der Waals surface area contributed by atoms with Crippen LogP contribution in [-0.4, -0.2) is 21.2 Å². The van der Waals surface area contributed by atoms with Crippen LogP contribution in [0.15, 0.2) is 39.7 Å². The van der Waals surface area contributed by atoms with Crippen LogP contribution in [0.3, 0.4) is 0 Å². The molecule has 2 heterocycles. The lowest BCUT2D eigenvalue weighted by molar-refractivity contribution is 0.111. The highest BCUT2D eigenvalue weighted by atomic mass is 16.4. The van der Waals surface area contributed by atoms with Crippen LogP contribution in [0.4, 0.5) is 0 Å². The van der Waals surface area contributed by atoms with Crippen molar-refractivity contribution in [1.29, 1.82) is 0 Å². The first-order valence-corrected chi connectivity index (χ1v) is 5.18. The topological polar surface area (TPSA) is 88.9 Å². The number of hydrogen-bond donors (Lipinski definition) is 1. The SMILES string of the molecule is O=Cc1nccc(-c2ccc3oc(=O)[nH]c3c2)n1. The van der Waals surface area contributed by atoms with Gasteiger partial charge < -0.3 is 4.42 Å². The number of H-pyrrole nitrogens is 1. The summed E-state index contributed by atoms with van der Waals surface area (Å²) in [5, 5.41) is 0. The molecule has 0 unspecified atom stereocenters. The average molecular weight is 241 g/mol. The van der Waals surface area contributed by atoms with Crippen molar-refractivity contribution >= 4 is 17.4 Å². The van der Waals surface area contributed by atoms with E-state index in [2.05, 4.69) is 15.0 Å². The molecular formula is C12H7N3O3. The normalized spacial score (nSPS) is 10.7. The Labute approximate surface area is 100 Å². The summed E-state index contributed by atoms with van der Waals surface area (Å²) in [5.41, 5.74) is 2.44. The summed E-state index contributed by atoms with van der Waals surface area (Å²) < 4.78 is 4.90. The van der Waals surface area contributed by atoms with Gasteiger partial charge >= 0.3 is 5.76 Å². The van der Waals surface area contributed by atoms with E-state index in [9.17, 15) is 9.59 Å². The van der Waals surface area contributed by atoms with Gasteiger partial charge in [-0.15, -0.1) is 0 Å². The molecule has 1 N–H and O–H groups in total. The molecule has 0 atom stereocenters. The van der Waals surface area contributed by atoms with Gasteiger partial charge in [0.2, 0.25) is 0 Å². The van der Waals surface area contributed by atoms with Gasteiger partial charge in [0.05, 0.1) is 11.2 Å². The third-order valence-corrected chi connectivity index (χ3v) is 2.49. The van der Waals surface area contributed by atoms with E-state index in [0.29, 0.717) is 23.1 Å². The minimum absolute atomic E-state index is 0.119. The molecule has 0 bridgehead atoms. The Balaban J connectivity index is 2.18. The summed E-state index contributed by atoms with van der Waals surface area (Å²) in [6.07, 6.45) is 2.09. The number of hydrogen-bond acceptors (Lipinski definition) is 5. The van der Waals surface area contributed by atoms with E-state index < -0.39 is 5.76 Å². The first-order chi connectivity index (χ1) is 8.76. The Kier molecular flexibility index (Phi) is 2.26. The predicted octanol–water partition coefficient (Wildman–Crippen LogP) is 1.39. The molecule has 0 radical (unpaired) electrons. The van der Waals surface area contributed by atoms with Crippen molar-refractivity contribution in [3.63, 3.8) is 0 Å². The fourth-order valence-corrected chi connectivity index (χ4v) is 1.70. The second kappa shape index (κ2) is 3.92. The predicted molar refractivity (Wildman–Crippen MR) is 63.2 cm³/mol. The van der Waals surface area contributed by atoms with Gasteiger partial charge in [0.25, 0.3) is 0 Å². The first-order valence-electron chi connectivity index (χ1n) is 5.18. The zero-order chi connectivity index (χ0) is 12.5. The van der Waals surface area contributed by atoms with E-state index >= 15 is 0 Å². The molecule has 3 aromatic rings. The lowest BCUT2D eigenvalue weighted by Crippen LogP contribution is -1.94. The Morgan fingerprint density at radius 2 is 2.17 bits per heavy atom. The molecule has 2 aromatic heterocycles. The quantitative estimate of drug-likeness (QED) is 0.685. The molecular weight excluding hydrogens is 234 g/mol. The Hall–Kier alpha value is -2.76. The number of carbonyl (C=O) groups is 1. The van der Waals surface area contributed by atoms with E-state index in [1.165, 1.54) is 6.20 Å². The fourth-order valence-electron chi connectivity index (χ4n) is 1.70. The molecule has 1 aromatic carbocycles. The Morgan fingerprint density at radius 1 is 1.28 bits per heavy atom. The van der Waals surface area contributed by atoms with E-state index in [0.717, 1.165) is 5.56 Å². The van der Waals surface area contributed by atoms with Crippen LogP contribution >= 0.6 is 0 Å². The van der Waals surface area contributed by atoms with Gasteiger partial charge in [-0.2, -0.15) is 0 Å². The van der Waals surface area contributed by atoms with Crippen molar-refractivity contribution in [1.82, 2.24) is 15.0 Å². The highest BCUT2D eigenvalue weighted by molar-refractivity contribution is 5.79. The van der Waals surface area contributed by atoms with Crippen molar-refractivity contribution in [3.05, 3.63) is 46.8 Å². The Bertz CT molecular complexity index is 788. The molecule has 6 heteroatoms. The van der Waals surface area contributed by atoms with Crippen molar-refractivity contribution in [2.24, 2.45) is 0 Å². The molecule has 0 aliphatic carbocycles. The number of carbonyl (C=O) groups excluding carboxylic acids is 1. The maximum Gasteiger partial charge on any atom is 0.417 e. The van der Waals surface area contributed by atoms with Crippen LogP contribution in [0, 0.1) is 0 Å². The second-order valence-electron chi connectivity index (χ2n) is 3.64. The van der Waals surface area contributed by atoms with Crippen LogP contribution in [-0.2, 0) is 0 Å². The summed E-state index contributed by atoms with van der Waals surface area (Å²) in [7, 11) is 0. The molecule has 0 aliphatic heterocycles. The number of nitrogens with zero attached hydrogens (tertiary/aromatic N) is 2. The molecule has 0 spiro atoms. The fraction of sp³-hybridized carbons (Fsp3) is 0. The molecule has 0 saturated carbocycles. The minimum atomic E-state index is -0.501. The molecule has 0 saturated heterocycles. The third-order valence-electron chi connectivity index (χ3n) is 2.49. The molecule has 18 heavy (non-hydrogen) atoms. The van der Waals surface area contributed by atoms with Gasteiger partial charge in [0.1, 0.15) is 0 Å². The number of aromatic nitrogens is 3. The number of oxazole rings is 1.